The quantitative estimate of drug-likeness (QED) is 0.393. The molecule has 3 heteroatoms. The number of rotatable bonds is 1. The van der Waals surface area contributed by atoms with Gasteiger partial charge in [-0.05, 0) is 24.8 Å². The molecule has 88 valence electrons. The highest BCUT2D eigenvalue weighted by Crippen LogP contribution is 2.14. The zero-order valence-electron chi connectivity index (χ0n) is 9.66. The molecule has 16 heavy (non-hydrogen) atoms. The van der Waals surface area contributed by atoms with Gasteiger partial charge in [-0.2, -0.15) is 0 Å². The first-order valence-electron chi connectivity index (χ1n) is 5.63. The van der Waals surface area contributed by atoms with Crippen LogP contribution in [-0.2, 0) is 0 Å². The molecule has 1 heterocycles. The Morgan fingerprint density at radius 2 is 1.69 bits per heavy atom. The number of hydrogen-bond acceptors (Lipinski definition) is 1. The highest BCUT2D eigenvalue weighted by molar-refractivity contribution is 8.13. The van der Waals surface area contributed by atoms with E-state index in [1.54, 1.807) is 0 Å². The number of benzene rings is 1. The topological polar surface area (TPSA) is 3.01 Å². The Balaban J connectivity index is 0.00000128. The normalized spacial score (nSPS) is 15.4. The van der Waals surface area contributed by atoms with Crippen molar-refractivity contribution in [2.75, 3.05) is 19.3 Å². The molecule has 1 aromatic rings. The Morgan fingerprint density at radius 3 is 2.25 bits per heavy atom. The highest BCUT2D eigenvalue weighted by Gasteiger charge is 2.18. The van der Waals surface area contributed by atoms with Crippen molar-refractivity contribution in [2.24, 2.45) is 0 Å². The number of halogens is 1. The number of nitrogens with zero attached hydrogens (tertiary/aromatic N) is 1. The SMILES string of the molecule is CSC(c1ccccc1)=[N+]1CCCCC1.[I-]. The first-order valence-corrected chi connectivity index (χ1v) is 6.85. The van der Waals surface area contributed by atoms with Crippen LogP contribution >= 0.6 is 11.8 Å². The summed E-state index contributed by atoms with van der Waals surface area (Å²) in [7, 11) is 0. The Hall–Kier alpha value is -0.0300. The Labute approximate surface area is 119 Å². The predicted octanol–water partition coefficient (Wildman–Crippen LogP) is -0.00340. The number of hydrogen-bond donors (Lipinski definition) is 0. The fourth-order valence-corrected chi connectivity index (χ4v) is 2.92. The zero-order valence-corrected chi connectivity index (χ0v) is 12.6. The molecule has 1 aliphatic rings. The lowest BCUT2D eigenvalue weighted by atomic mass is 10.1. The molecule has 0 saturated carbocycles. The fraction of sp³-hybridized carbons (Fsp3) is 0.462. The monoisotopic (exact) mass is 347 g/mol. The summed E-state index contributed by atoms with van der Waals surface area (Å²) < 4.78 is 2.53. The zero-order chi connectivity index (χ0) is 10.5. The summed E-state index contributed by atoms with van der Waals surface area (Å²) in [6.07, 6.45) is 6.26. The van der Waals surface area contributed by atoms with E-state index >= 15 is 0 Å². The third kappa shape index (κ3) is 3.48. The molecule has 1 aliphatic heterocycles. The second-order valence-corrected chi connectivity index (χ2v) is 4.72. The van der Waals surface area contributed by atoms with Gasteiger partial charge in [0.25, 0.3) is 0 Å². The van der Waals surface area contributed by atoms with Gasteiger partial charge in [-0.3, -0.25) is 0 Å². The van der Waals surface area contributed by atoms with Crippen LogP contribution in [0, 0.1) is 0 Å². The molecule has 2 rings (SSSR count). The molecule has 0 aromatic heterocycles. The van der Waals surface area contributed by atoms with Gasteiger partial charge < -0.3 is 24.0 Å². The minimum absolute atomic E-state index is 0. The van der Waals surface area contributed by atoms with Gasteiger partial charge in [-0.25, -0.2) is 4.58 Å². The molecule has 0 spiro atoms. The second kappa shape index (κ2) is 7.33. The van der Waals surface area contributed by atoms with Gasteiger partial charge in [0, 0.05) is 12.8 Å². The average Bonchev–Trinajstić information content (AvgIpc) is 2.33. The third-order valence-electron chi connectivity index (χ3n) is 2.86. The molecule has 1 fully saturated rings. The van der Waals surface area contributed by atoms with Crippen molar-refractivity contribution in [1.29, 1.82) is 0 Å². The predicted molar refractivity (Wildman–Crippen MR) is 67.9 cm³/mol. The maximum atomic E-state index is 2.53. The molecule has 0 amide bonds. The average molecular weight is 347 g/mol. The van der Waals surface area contributed by atoms with Crippen LogP contribution in [0.3, 0.4) is 0 Å². The second-order valence-electron chi connectivity index (χ2n) is 3.92. The van der Waals surface area contributed by atoms with E-state index in [4.69, 9.17) is 0 Å². The molecule has 0 bridgehead atoms. The van der Waals surface area contributed by atoms with Gasteiger partial charge in [0.1, 0.15) is 13.1 Å². The van der Waals surface area contributed by atoms with Crippen LogP contribution in [0.5, 0.6) is 0 Å². The van der Waals surface area contributed by atoms with Crippen LogP contribution < -0.4 is 24.0 Å². The molecule has 0 unspecified atom stereocenters. The van der Waals surface area contributed by atoms with Crippen LogP contribution in [0.25, 0.3) is 0 Å². The van der Waals surface area contributed by atoms with Crippen LogP contribution in [0.15, 0.2) is 30.3 Å². The van der Waals surface area contributed by atoms with E-state index in [0.717, 1.165) is 0 Å². The largest absolute Gasteiger partial charge is 1.00 e. The van der Waals surface area contributed by atoms with Crippen molar-refractivity contribution in [3.8, 4) is 0 Å². The lowest BCUT2D eigenvalue weighted by molar-refractivity contribution is -0.534. The van der Waals surface area contributed by atoms with E-state index in [1.165, 1.54) is 43.0 Å². The van der Waals surface area contributed by atoms with Crippen molar-refractivity contribution in [2.45, 2.75) is 19.3 Å². The number of thioether (sulfide) groups is 1. The van der Waals surface area contributed by atoms with Crippen LogP contribution in [-0.4, -0.2) is 29.0 Å². The standard InChI is InChI=1S/C13H18NS.HI/c1-15-13(12-8-4-2-5-9-12)14-10-6-3-7-11-14;/h2,4-5,8-9H,3,6-7,10-11H2,1H3;1H/q+1;/p-1. The minimum Gasteiger partial charge on any atom is -1.00 e. The summed E-state index contributed by atoms with van der Waals surface area (Å²) >= 11 is 1.87. The summed E-state index contributed by atoms with van der Waals surface area (Å²) in [5, 5.41) is 1.44. The smallest absolute Gasteiger partial charge is 0.241 e. The van der Waals surface area contributed by atoms with Crippen molar-refractivity contribution in [3.63, 3.8) is 0 Å². The molecule has 0 aliphatic carbocycles. The van der Waals surface area contributed by atoms with Crippen LogP contribution in [0.4, 0.5) is 0 Å². The van der Waals surface area contributed by atoms with E-state index in [2.05, 4.69) is 41.2 Å². The molecular formula is C13H18INS. The molecule has 0 radical (unpaired) electrons. The fourth-order valence-electron chi connectivity index (χ4n) is 2.11. The molecule has 1 nitrogen and oxygen atoms in total. The lowest BCUT2D eigenvalue weighted by Crippen LogP contribution is -3.00. The van der Waals surface area contributed by atoms with Gasteiger partial charge >= 0.3 is 0 Å². The highest BCUT2D eigenvalue weighted by atomic mass is 127. The van der Waals surface area contributed by atoms with Crippen LogP contribution in [0.1, 0.15) is 24.8 Å². The molecular weight excluding hydrogens is 329 g/mol. The van der Waals surface area contributed by atoms with Gasteiger partial charge in [-0.1, -0.05) is 30.0 Å². The number of piperidine rings is 1. The van der Waals surface area contributed by atoms with Crippen molar-refractivity contribution < 1.29 is 28.6 Å². The van der Waals surface area contributed by atoms with Crippen molar-refractivity contribution in [3.05, 3.63) is 35.9 Å². The molecule has 1 saturated heterocycles. The first-order chi connectivity index (χ1) is 7.42. The van der Waals surface area contributed by atoms with Gasteiger partial charge in [0.2, 0.25) is 5.04 Å². The Kier molecular flexibility index (Phi) is 6.43. The van der Waals surface area contributed by atoms with Crippen LogP contribution in [0.2, 0.25) is 0 Å². The van der Waals surface area contributed by atoms with Gasteiger partial charge in [0.15, 0.2) is 0 Å². The van der Waals surface area contributed by atoms with Crippen molar-refractivity contribution >= 4 is 16.8 Å². The Bertz CT molecular complexity index is 340. The van der Waals surface area contributed by atoms with Crippen molar-refractivity contribution in [1.82, 2.24) is 0 Å². The van der Waals surface area contributed by atoms with E-state index in [1.807, 2.05) is 11.8 Å². The van der Waals surface area contributed by atoms with E-state index in [-0.39, 0.29) is 24.0 Å². The lowest BCUT2D eigenvalue weighted by Gasteiger charge is -2.13. The van der Waals surface area contributed by atoms with E-state index < -0.39 is 0 Å². The third-order valence-corrected chi connectivity index (χ3v) is 3.74. The molecule has 1 aromatic carbocycles. The minimum atomic E-state index is 0. The van der Waals surface area contributed by atoms with E-state index in [9.17, 15) is 0 Å². The molecule has 0 N–H and O–H groups in total. The summed E-state index contributed by atoms with van der Waals surface area (Å²) in [5.74, 6) is 0. The Morgan fingerprint density at radius 1 is 1.06 bits per heavy atom. The first kappa shape index (κ1) is 14.0. The van der Waals surface area contributed by atoms with E-state index in [0.29, 0.717) is 0 Å². The maximum absolute atomic E-state index is 2.53. The van der Waals surface area contributed by atoms with Gasteiger partial charge in [-0.15, -0.1) is 0 Å². The summed E-state index contributed by atoms with van der Waals surface area (Å²) in [5.41, 5.74) is 1.37. The molecule has 0 atom stereocenters. The summed E-state index contributed by atoms with van der Waals surface area (Å²) in [4.78, 5) is 0. The maximum Gasteiger partial charge on any atom is 0.241 e. The summed E-state index contributed by atoms with van der Waals surface area (Å²) in [6, 6.07) is 10.7. The summed E-state index contributed by atoms with van der Waals surface area (Å²) in [6.45, 7) is 2.45. The van der Waals surface area contributed by atoms with Gasteiger partial charge in [0.05, 0.1) is 5.56 Å².